The molecule has 3 aliphatic heterocycles. The lowest BCUT2D eigenvalue weighted by molar-refractivity contribution is -0.300. The summed E-state index contributed by atoms with van der Waals surface area (Å²) in [4.78, 5) is 40.9. The SMILES string of the molecule is CCC(C)C(=O)O[C@H]1[C@H](O)[C@H]2[C@@H](CN3C[C@@H](C)CC[C@H]3[C@@]2(C)O)[C@@H]2C[C@]34O[C@]5(O)[C@@H](OC(=O)C(C)(O)C(C)OC(C)=O)CC[C@@]3(C)[C@@H]5C[C@@H](O)[C@H]4[C@@]21O. The number of nitrogens with zero attached hydrogens (tertiary/aromatic N) is 1. The number of hydrogen-bond donors (Lipinski definition) is 6. The molecule has 6 N–H and O–H groups in total. The number of rotatable bonds is 7. The number of piperidine rings is 2. The Hall–Kier alpha value is -1.91. The van der Waals surface area contributed by atoms with Gasteiger partial charge >= 0.3 is 17.9 Å². The summed E-state index contributed by atoms with van der Waals surface area (Å²) in [6.07, 6.45) is -4.16. The smallest absolute Gasteiger partial charge is 0.342 e. The van der Waals surface area contributed by atoms with Crippen molar-refractivity contribution in [2.45, 2.75) is 165 Å². The van der Waals surface area contributed by atoms with Crippen LogP contribution in [0.1, 0.15) is 100 Å². The largest absolute Gasteiger partial charge is 0.459 e. The first-order chi connectivity index (χ1) is 24.5. The number of carbonyl (C=O) groups is 3. The molecule has 0 radical (unpaired) electrons. The summed E-state index contributed by atoms with van der Waals surface area (Å²) < 4.78 is 24.0. The van der Waals surface area contributed by atoms with E-state index in [1.54, 1.807) is 13.8 Å². The molecule has 0 aromatic carbocycles. The fourth-order valence-corrected chi connectivity index (χ4v) is 12.8. The van der Waals surface area contributed by atoms with Crippen LogP contribution in [0.2, 0.25) is 0 Å². The van der Waals surface area contributed by atoms with Crippen LogP contribution in [0, 0.1) is 46.8 Å². The molecule has 4 aliphatic carbocycles. The lowest BCUT2D eigenvalue weighted by Gasteiger charge is -2.64. The van der Waals surface area contributed by atoms with Gasteiger partial charge in [-0.2, -0.15) is 0 Å². The number of aliphatic hydroxyl groups excluding tert-OH is 2. The van der Waals surface area contributed by atoms with Crippen molar-refractivity contribution in [2.24, 2.45) is 46.8 Å². The summed E-state index contributed by atoms with van der Waals surface area (Å²) in [5.74, 6) is -8.65. The molecule has 3 unspecified atom stereocenters. The Balaban J connectivity index is 1.31. The van der Waals surface area contributed by atoms with Crippen LogP contribution in [0.25, 0.3) is 0 Å². The highest BCUT2D eigenvalue weighted by Gasteiger charge is 2.87. The number of ether oxygens (including phenoxy) is 4. The van der Waals surface area contributed by atoms with Crippen molar-refractivity contribution >= 4 is 17.9 Å². The molecule has 14 nitrogen and oxygen atoms in total. The monoisotopic (exact) mass is 751 g/mol. The molecule has 4 bridgehead atoms. The average Bonchev–Trinajstić information content (AvgIpc) is 3.35. The normalized spacial score (nSPS) is 52.1. The first-order valence-corrected chi connectivity index (χ1v) is 19.8. The van der Waals surface area contributed by atoms with Gasteiger partial charge in [-0.15, -0.1) is 0 Å². The lowest BCUT2D eigenvalue weighted by Crippen LogP contribution is -2.77. The minimum atomic E-state index is -2.26. The standard InChI is InChI=1S/C39H61NO13/c1-9-19(3)32(44)52-31-29(43)28-22(17-40-16-18(2)10-11-26(40)36(28,8)47)23-15-37-30(38(23,31)48)24(42)14-25-34(37,6)13-12-27(39(25,49)53-37)51-33(45)35(7,46)20(4)50-21(5)41/h18-20,22-31,42-43,46-49H,9-17H2,1-8H3/t18-,19?,20?,22-,23-,24+,25-,26-,27-,28+,29+,30+,31-,34-,35?,36+,37+,38-,39-/m0/s1. The van der Waals surface area contributed by atoms with Crippen molar-refractivity contribution in [3.63, 3.8) is 0 Å². The van der Waals surface area contributed by atoms with Crippen molar-refractivity contribution in [2.75, 3.05) is 13.1 Å². The highest BCUT2D eigenvalue weighted by atomic mass is 16.7. The van der Waals surface area contributed by atoms with Gasteiger partial charge in [-0.05, 0) is 83.5 Å². The van der Waals surface area contributed by atoms with Crippen LogP contribution in [0.4, 0.5) is 0 Å². The third kappa shape index (κ3) is 5.21. The third-order valence-corrected chi connectivity index (χ3v) is 15.8. The van der Waals surface area contributed by atoms with Crippen molar-refractivity contribution in [3.05, 3.63) is 0 Å². The second-order valence-electron chi connectivity index (χ2n) is 18.7. The fourth-order valence-electron chi connectivity index (χ4n) is 12.8. The summed E-state index contributed by atoms with van der Waals surface area (Å²) in [7, 11) is 0. The molecular weight excluding hydrogens is 690 g/mol. The van der Waals surface area contributed by atoms with E-state index in [1.165, 1.54) is 13.8 Å². The van der Waals surface area contributed by atoms with Crippen LogP contribution < -0.4 is 0 Å². The summed E-state index contributed by atoms with van der Waals surface area (Å²) in [5.41, 5.74) is -7.99. The molecule has 4 saturated carbocycles. The molecule has 7 aliphatic rings. The molecule has 300 valence electrons. The van der Waals surface area contributed by atoms with E-state index in [0.717, 1.165) is 26.3 Å². The third-order valence-electron chi connectivity index (χ3n) is 15.8. The second-order valence-corrected chi connectivity index (χ2v) is 18.7. The van der Waals surface area contributed by atoms with Gasteiger partial charge in [0.2, 0.25) is 5.79 Å². The van der Waals surface area contributed by atoms with Crippen LogP contribution in [0.3, 0.4) is 0 Å². The Morgan fingerprint density at radius 3 is 2.36 bits per heavy atom. The van der Waals surface area contributed by atoms with Gasteiger partial charge in [0.15, 0.2) is 17.8 Å². The number of esters is 3. The van der Waals surface area contributed by atoms with Gasteiger partial charge in [-0.3, -0.25) is 14.5 Å². The Bertz CT molecular complexity index is 1500. The van der Waals surface area contributed by atoms with Crippen LogP contribution in [-0.2, 0) is 33.3 Å². The van der Waals surface area contributed by atoms with E-state index in [-0.39, 0.29) is 25.3 Å². The van der Waals surface area contributed by atoms with E-state index in [1.807, 2.05) is 13.8 Å². The van der Waals surface area contributed by atoms with Crippen molar-refractivity contribution in [1.82, 2.24) is 4.90 Å². The molecule has 7 fully saturated rings. The maximum Gasteiger partial charge on any atom is 0.342 e. The van der Waals surface area contributed by atoms with Crippen molar-refractivity contribution in [3.8, 4) is 0 Å². The summed E-state index contributed by atoms with van der Waals surface area (Å²) >= 11 is 0. The Morgan fingerprint density at radius 1 is 1.04 bits per heavy atom. The molecule has 0 aromatic heterocycles. The zero-order chi connectivity index (χ0) is 39.0. The molecule has 0 aromatic rings. The highest BCUT2D eigenvalue weighted by molar-refractivity contribution is 5.80. The van der Waals surface area contributed by atoms with E-state index in [0.29, 0.717) is 25.3 Å². The van der Waals surface area contributed by atoms with Crippen LogP contribution in [0.5, 0.6) is 0 Å². The van der Waals surface area contributed by atoms with E-state index in [2.05, 4.69) is 11.8 Å². The highest BCUT2D eigenvalue weighted by Crippen LogP contribution is 2.77. The van der Waals surface area contributed by atoms with E-state index >= 15 is 0 Å². The Labute approximate surface area is 311 Å². The van der Waals surface area contributed by atoms with E-state index in [4.69, 9.17) is 18.9 Å². The summed E-state index contributed by atoms with van der Waals surface area (Å²) in [6.45, 7) is 14.3. The predicted octanol–water partition coefficient (Wildman–Crippen LogP) is 1.04. The van der Waals surface area contributed by atoms with Crippen LogP contribution in [0.15, 0.2) is 0 Å². The second kappa shape index (κ2) is 12.5. The fraction of sp³-hybridized carbons (Fsp3) is 0.923. The van der Waals surface area contributed by atoms with Gasteiger partial charge in [-0.1, -0.05) is 27.7 Å². The van der Waals surface area contributed by atoms with Gasteiger partial charge in [0, 0.05) is 49.2 Å². The summed E-state index contributed by atoms with van der Waals surface area (Å²) in [6, 6.07) is -0.250. The minimum Gasteiger partial charge on any atom is -0.459 e. The average molecular weight is 752 g/mol. The topological polar surface area (TPSA) is 213 Å². The molecular formula is C39H61NO13. The van der Waals surface area contributed by atoms with Gasteiger partial charge < -0.3 is 49.6 Å². The van der Waals surface area contributed by atoms with Gasteiger partial charge in [0.25, 0.3) is 0 Å². The van der Waals surface area contributed by atoms with Crippen LogP contribution >= 0.6 is 0 Å². The molecule has 14 heteroatoms. The quantitative estimate of drug-likeness (QED) is 0.159. The maximum absolute atomic E-state index is 13.6. The van der Waals surface area contributed by atoms with E-state index in [9.17, 15) is 45.0 Å². The molecule has 19 atom stereocenters. The predicted molar refractivity (Wildman–Crippen MR) is 185 cm³/mol. The lowest BCUT2D eigenvalue weighted by atomic mass is 9.49. The first-order valence-electron chi connectivity index (χ1n) is 19.8. The number of carbonyl (C=O) groups excluding carboxylic acids is 3. The van der Waals surface area contributed by atoms with Crippen molar-refractivity contribution in [1.29, 1.82) is 0 Å². The molecule has 3 saturated heterocycles. The van der Waals surface area contributed by atoms with Gasteiger partial charge in [-0.25, -0.2) is 4.79 Å². The zero-order valence-corrected chi connectivity index (χ0v) is 32.4. The molecule has 1 spiro atoms. The Kier molecular flexibility index (Phi) is 9.31. The van der Waals surface area contributed by atoms with Crippen molar-refractivity contribution < 1.29 is 64.0 Å². The van der Waals surface area contributed by atoms with Crippen LogP contribution in [-0.4, -0.2) is 131 Å². The zero-order valence-electron chi connectivity index (χ0n) is 32.4. The van der Waals surface area contributed by atoms with Gasteiger partial charge in [0.05, 0.1) is 29.3 Å². The minimum absolute atomic E-state index is 0.0532. The number of aliphatic hydroxyl groups is 6. The first kappa shape index (κ1) is 39.3. The van der Waals surface area contributed by atoms with E-state index < -0.39 is 118 Å². The number of hydrogen-bond acceptors (Lipinski definition) is 14. The maximum atomic E-state index is 13.6. The molecule has 3 heterocycles. The summed E-state index contributed by atoms with van der Waals surface area (Å²) in [5, 5.41) is 74.2. The Morgan fingerprint density at radius 2 is 1.72 bits per heavy atom. The molecule has 0 amide bonds. The molecule has 53 heavy (non-hydrogen) atoms. The van der Waals surface area contributed by atoms with Gasteiger partial charge in [0.1, 0.15) is 11.7 Å². The number of fused-ring (bicyclic) bond motifs is 5. The molecule has 7 rings (SSSR count).